The third kappa shape index (κ3) is 5.21. The van der Waals surface area contributed by atoms with E-state index in [1.165, 1.54) is 17.2 Å². The summed E-state index contributed by atoms with van der Waals surface area (Å²) < 4.78 is 0. The van der Waals surface area contributed by atoms with Crippen molar-refractivity contribution in [1.82, 2.24) is 0 Å². The molecule has 182 valence electrons. The minimum absolute atomic E-state index is 0.0738. The van der Waals surface area contributed by atoms with Gasteiger partial charge in [0.25, 0.3) is 5.69 Å². The summed E-state index contributed by atoms with van der Waals surface area (Å²) in [7, 11) is 1.91. The molecule has 0 saturated carbocycles. The summed E-state index contributed by atoms with van der Waals surface area (Å²) in [4.78, 5) is 15.0. The number of para-hydroxylation sites is 1. The van der Waals surface area contributed by atoms with Gasteiger partial charge in [-0.15, -0.1) is 0 Å². The molecule has 5 aromatic carbocycles. The van der Waals surface area contributed by atoms with Crippen LogP contribution in [0.2, 0.25) is 0 Å². The van der Waals surface area contributed by atoms with Crippen LogP contribution >= 0.6 is 0 Å². The van der Waals surface area contributed by atoms with Gasteiger partial charge in [-0.1, -0.05) is 66.2 Å². The molecule has 37 heavy (non-hydrogen) atoms. The highest BCUT2D eigenvalue weighted by molar-refractivity contribution is 5.81. The Morgan fingerprint density at radius 3 is 1.86 bits per heavy atom. The van der Waals surface area contributed by atoms with E-state index in [9.17, 15) is 10.1 Å². The molecular formula is C32H27N3O2. The van der Waals surface area contributed by atoms with Gasteiger partial charge >= 0.3 is 0 Å². The second kappa shape index (κ2) is 10.4. The average molecular weight is 486 g/mol. The molecule has 0 amide bonds. The summed E-state index contributed by atoms with van der Waals surface area (Å²) in [5.74, 6) is 0. The van der Waals surface area contributed by atoms with Crippen molar-refractivity contribution in [1.29, 1.82) is 0 Å². The number of hydrogen-bond donors (Lipinski definition) is 0. The van der Waals surface area contributed by atoms with Crippen molar-refractivity contribution in [3.05, 3.63) is 143 Å². The maximum Gasteiger partial charge on any atom is 0.271 e. The van der Waals surface area contributed by atoms with Gasteiger partial charge in [-0.3, -0.25) is 10.1 Å². The summed E-state index contributed by atoms with van der Waals surface area (Å²) >= 11 is 0. The van der Waals surface area contributed by atoms with Crippen molar-refractivity contribution in [2.24, 2.45) is 0 Å². The summed E-state index contributed by atoms with van der Waals surface area (Å²) in [6, 6.07) is 42.3. The third-order valence-electron chi connectivity index (χ3n) is 6.43. The van der Waals surface area contributed by atoms with E-state index in [1.807, 2.05) is 48.3 Å². The molecule has 0 aliphatic heterocycles. The molecule has 5 nitrogen and oxygen atoms in total. The first-order valence-corrected chi connectivity index (χ1v) is 12.1. The molecule has 5 aromatic rings. The second-order valence-electron chi connectivity index (χ2n) is 8.94. The lowest BCUT2D eigenvalue weighted by Gasteiger charge is -2.27. The van der Waals surface area contributed by atoms with Crippen molar-refractivity contribution < 1.29 is 4.92 Å². The summed E-state index contributed by atoms with van der Waals surface area (Å²) in [5.41, 5.74) is 8.47. The van der Waals surface area contributed by atoms with Crippen LogP contribution < -0.4 is 9.80 Å². The Labute approximate surface area is 217 Å². The minimum atomic E-state index is -0.372. The topological polar surface area (TPSA) is 49.6 Å². The molecule has 0 radical (unpaired) electrons. The van der Waals surface area contributed by atoms with Crippen molar-refractivity contribution in [2.75, 3.05) is 16.8 Å². The van der Waals surface area contributed by atoms with Crippen molar-refractivity contribution in [3.63, 3.8) is 0 Å². The number of nitrogens with zero attached hydrogens (tertiary/aromatic N) is 3. The van der Waals surface area contributed by atoms with E-state index in [4.69, 9.17) is 0 Å². The summed E-state index contributed by atoms with van der Waals surface area (Å²) in [5, 5.41) is 11.2. The highest BCUT2D eigenvalue weighted by Crippen LogP contribution is 2.37. The fourth-order valence-electron chi connectivity index (χ4n) is 4.38. The smallest absolute Gasteiger partial charge is 0.271 e. The Morgan fingerprint density at radius 1 is 0.568 bits per heavy atom. The number of rotatable bonds is 7. The van der Waals surface area contributed by atoms with Gasteiger partial charge < -0.3 is 9.80 Å². The predicted octanol–water partition coefficient (Wildman–Crippen LogP) is 8.81. The molecule has 0 aliphatic rings. The molecular weight excluding hydrogens is 458 g/mol. The van der Waals surface area contributed by atoms with E-state index in [0.717, 1.165) is 34.0 Å². The Kier molecular flexibility index (Phi) is 6.68. The zero-order chi connectivity index (χ0) is 25.8. The maximum absolute atomic E-state index is 11.2. The quantitative estimate of drug-likeness (QED) is 0.171. The zero-order valence-electron chi connectivity index (χ0n) is 20.8. The van der Waals surface area contributed by atoms with Gasteiger partial charge in [-0.05, 0) is 72.6 Å². The van der Waals surface area contributed by atoms with Crippen LogP contribution in [0.15, 0.2) is 127 Å². The van der Waals surface area contributed by atoms with E-state index >= 15 is 0 Å². The van der Waals surface area contributed by atoms with E-state index in [1.54, 1.807) is 12.1 Å². The van der Waals surface area contributed by atoms with Crippen molar-refractivity contribution in [3.8, 4) is 11.1 Å². The van der Waals surface area contributed by atoms with Crippen LogP contribution in [0.1, 0.15) is 5.56 Å². The Balaban J connectivity index is 1.51. The normalized spacial score (nSPS) is 10.6. The van der Waals surface area contributed by atoms with Gasteiger partial charge in [0, 0.05) is 47.6 Å². The highest BCUT2D eigenvalue weighted by Gasteiger charge is 2.15. The van der Waals surface area contributed by atoms with Gasteiger partial charge in [-0.2, -0.15) is 0 Å². The van der Waals surface area contributed by atoms with Crippen molar-refractivity contribution >= 4 is 34.1 Å². The van der Waals surface area contributed by atoms with E-state index in [0.29, 0.717) is 0 Å². The molecule has 0 heterocycles. The number of benzene rings is 5. The fraction of sp³-hybridized carbons (Fsp3) is 0.0625. The zero-order valence-corrected chi connectivity index (χ0v) is 20.8. The third-order valence-corrected chi connectivity index (χ3v) is 6.43. The highest BCUT2D eigenvalue weighted by atomic mass is 16.6. The van der Waals surface area contributed by atoms with Crippen LogP contribution in [-0.4, -0.2) is 12.0 Å². The molecule has 0 atom stereocenters. The molecule has 0 aromatic heterocycles. The van der Waals surface area contributed by atoms with Gasteiger partial charge in [0.15, 0.2) is 0 Å². The SMILES string of the molecule is Cc1ccc(-c2cccc(N(c3ccccc3)c3ccc(N(C)c4cccc([N+](=O)[O-])c4)cc3)c2)cc1. The number of hydrogen-bond acceptors (Lipinski definition) is 4. The monoisotopic (exact) mass is 485 g/mol. The number of nitro benzene ring substituents is 1. The maximum atomic E-state index is 11.2. The van der Waals surface area contributed by atoms with Crippen molar-refractivity contribution in [2.45, 2.75) is 6.92 Å². The molecule has 0 aliphatic carbocycles. The lowest BCUT2D eigenvalue weighted by atomic mass is 10.0. The molecule has 0 spiro atoms. The summed E-state index contributed by atoms with van der Waals surface area (Å²) in [6.07, 6.45) is 0. The summed E-state index contributed by atoms with van der Waals surface area (Å²) in [6.45, 7) is 2.09. The predicted molar refractivity (Wildman–Crippen MR) is 152 cm³/mol. The Morgan fingerprint density at radius 2 is 1.16 bits per heavy atom. The number of non-ortho nitro benzene ring substituents is 1. The molecule has 0 bridgehead atoms. The van der Waals surface area contributed by atoms with Crippen LogP contribution in [0.5, 0.6) is 0 Å². The first-order valence-electron chi connectivity index (χ1n) is 12.1. The first kappa shape index (κ1) is 23.8. The first-order chi connectivity index (χ1) is 18.0. The minimum Gasteiger partial charge on any atom is -0.344 e. The van der Waals surface area contributed by atoms with Gasteiger partial charge in [0.05, 0.1) is 4.92 Å². The molecule has 5 rings (SSSR count). The number of aryl methyl sites for hydroxylation is 1. The van der Waals surface area contributed by atoms with Gasteiger partial charge in [-0.25, -0.2) is 0 Å². The largest absolute Gasteiger partial charge is 0.344 e. The lowest BCUT2D eigenvalue weighted by molar-refractivity contribution is -0.384. The van der Waals surface area contributed by atoms with Crippen LogP contribution in [0.25, 0.3) is 11.1 Å². The lowest BCUT2D eigenvalue weighted by Crippen LogP contribution is -2.12. The molecule has 0 unspecified atom stereocenters. The van der Waals surface area contributed by atoms with Crippen LogP contribution in [0.3, 0.4) is 0 Å². The second-order valence-corrected chi connectivity index (χ2v) is 8.94. The fourth-order valence-corrected chi connectivity index (χ4v) is 4.38. The Bertz CT molecular complexity index is 1510. The average Bonchev–Trinajstić information content (AvgIpc) is 2.94. The molecule has 0 saturated heterocycles. The van der Waals surface area contributed by atoms with Crippen LogP contribution in [0, 0.1) is 17.0 Å². The number of anilines is 5. The standard InChI is InChI=1S/C32H27N3O2/c1-24-14-16-25(17-15-24)26-8-6-12-31(22-26)34(28-9-4-3-5-10-28)29-20-18-27(19-21-29)33(2)30-11-7-13-32(23-30)35(36)37/h3-23H,1-2H3. The van der Waals surface area contributed by atoms with Gasteiger partial charge in [0.2, 0.25) is 0 Å². The van der Waals surface area contributed by atoms with E-state index < -0.39 is 0 Å². The number of nitro groups is 1. The molecule has 0 fully saturated rings. The van der Waals surface area contributed by atoms with E-state index in [-0.39, 0.29) is 10.6 Å². The Hall–Kier alpha value is -4.90. The van der Waals surface area contributed by atoms with Crippen LogP contribution in [-0.2, 0) is 0 Å². The van der Waals surface area contributed by atoms with Crippen LogP contribution in [0.4, 0.5) is 34.1 Å². The van der Waals surface area contributed by atoms with Gasteiger partial charge in [0.1, 0.15) is 0 Å². The molecule has 5 heteroatoms. The van der Waals surface area contributed by atoms with E-state index in [2.05, 4.69) is 84.6 Å². The molecule has 0 N–H and O–H groups in total.